The lowest BCUT2D eigenvalue weighted by molar-refractivity contribution is 0.517. The molecule has 0 aliphatic carbocycles. The molecule has 3 nitrogen and oxygen atoms in total. The van der Waals surface area contributed by atoms with Gasteiger partial charge in [0.2, 0.25) is 0 Å². The van der Waals surface area contributed by atoms with Crippen molar-refractivity contribution in [2.75, 3.05) is 13.1 Å². The summed E-state index contributed by atoms with van der Waals surface area (Å²) >= 11 is 0. The Morgan fingerprint density at radius 2 is 1.10 bits per heavy atom. The first-order chi connectivity index (χ1) is 25.5. The van der Waals surface area contributed by atoms with E-state index in [1.165, 1.54) is 22.3 Å². The summed E-state index contributed by atoms with van der Waals surface area (Å²) in [7, 11) is 0. The predicted octanol–water partition coefficient (Wildman–Crippen LogP) is 11.6. The summed E-state index contributed by atoms with van der Waals surface area (Å²) in [6, 6.07) is 38.2. The number of hydrogen-bond acceptors (Lipinski definition) is 3. The highest BCUT2D eigenvalue weighted by Crippen LogP contribution is 2.53. The monoisotopic (exact) mass is 684 g/mol. The molecule has 260 valence electrons. The van der Waals surface area contributed by atoms with Crippen LogP contribution in [0.25, 0.3) is 44.4 Å². The molecule has 0 atom stereocenters. The van der Waals surface area contributed by atoms with Gasteiger partial charge in [0.1, 0.15) is 23.2 Å². The number of halogens is 1. The molecule has 0 amide bonds. The minimum absolute atomic E-state index is 0.279. The first-order valence-corrected chi connectivity index (χ1v) is 18.9. The summed E-state index contributed by atoms with van der Waals surface area (Å²) < 4.78 is 23.9. The summed E-state index contributed by atoms with van der Waals surface area (Å²) in [5.74, 6) is 1.97. The quantitative estimate of drug-likeness (QED) is 0.164. The largest absolute Gasteiger partial charge is 0.455 e. The van der Waals surface area contributed by atoms with Crippen molar-refractivity contribution in [3.8, 4) is 28.0 Å². The van der Waals surface area contributed by atoms with Crippen molar-refractivity contribution in [1.29, 1.82) is 0 Å². The molecule has 8 rings (SSSR count). The molecule has 0 aromatic heterocycles. The molecule has 6 aromatic rings. The van der Waals surface area contributed by atoms with Gasteiger partial charge in [-0.1, -0.05) is 125 Å². The third-order valence-corrected chi connectivity index (χ3v) is 10.7. The summed E-state index contributed by atoms with van der Waals surface area (Å²) in [5, 5.41) is 5.39. The van der Waals surface area contributed by atoms with Crippen LogP contribution in [0.15, 0.2) is 114 Å². The van der Waals surface area contributed by atoms with Crippen LogP contribution in [0.4, 0.5) is 4.39 Å². The van der Waals surface area contributed by atoms with Gasteiger partial charge in [0, 0.05) is 40.7 Å². The molecule has 0 fully saturated rings. The van der Waals surface area contributed by atoms with Crippen LogP contribution in [0.1, 0.15) is 78.6 Å². The van der Waals surface area contributed by atoms with Crippen LogP contribution in [0.2, 0.25) is 0 Å². The van der Waals surface area contributed by atoms with Gasteiger partial charge in [-0.05, 0) is 94.1 Å². The molecule has 0 saturated heterocycles. The Morgan fingerprint density at radius 1 is 0.596 bits per heavy atom. The molecule has 52 heavy (non-hydrogen) atoms. The van der Waals surface area contributed by atoms with Gasteiger partial charge in [-0.3, -0.25) is 4.99 Å². The number of ether oxygens (including phenoxy) is 1. The van der Waals surface area contributed by atoms with Gasteiger partial charge < -0.3 is 10.1 Å². The van der Waals surface area contributed by atoms with E-state index in [0.717, 1.165) is 118 Å². The number of nitrogens with zero attached hydrogens (tertiary/aromatic N) is 1. The highest BCUT2D eigenvalue weighted by Gasteiger charge is 2.34. The van der Waals surface area contributed by atoms with E-state index in [9.17, 15) is 0 Å². The minimum Gasteiger partial charge on any atom is -0.455 e. The fourth-order valence-corrected chi connectivity index (χ4v) is 7.74. The first kappa shape index (κ1) is 33.7. The van der Waals surface area contributed by atoms with Crippen LogP contribution in [-0.4, -0.2) is 18.9 Å². The zero-order chi connectivity index (χ0) is 35.8. The summed E-state index contributed by atoms with van der Waals surface area (Å²) in [5.41, 5.74) is 13.7. The van der Waals surface area contributed by atoms with Crippen molar-refractivity contribution in [1.82, 2.24) is 5.32 Å². The minimum atomic E-state index is -0.279. The molecule has 0 spiro atoms. The van der Waals surface area contributed by atoms with E-state index in [2.05, 4.69) is 130 Å². The smallest absolute Gasteiger partial charge is 0.147 e. The standard InChI is InChI=1S/C48H45FN2O/c1-5-30-10-18-34(19-11-30)41-39-28-38(49)29-40-42(35-20-12-31(6-2)13-21-35)46(37-24-16-33(8-4)17-25-37)52-47(44(39)40)45(48-50-26-9-27-51-48)43(41)36-22-14-32(7-3)15-23-36/h10-25,28-29H,5-9,26-27H2,1-4H3,(H,50,51). The Morgan fingerprint density at radius 3 is 1.60 bits per heavy atom. The van der Waals surface area contributed by atoms with Gasteiger partial charge in [0.05, 0.1) is 5.56 Å². The molecule has 2 aliphatic rings. The van der Waals surface area contributed by atoms with Crippen LogP contribution >= 0.6 is 0 Å². The molecule has 0 radical (unpaired) electrons. The van der Waals surface area contributed by atoms with E-state index in [1.54, 1.807) is 12.1 Å². The molecule has 2 aliphatic heterocycles. The number of aryl methyl sites for hydroxylation is 4. The van der Waals surface area contributed by atoms with Crippen LogP contribution in [-0.2, 0) is 25.7 Å². The Hall–Kier alpha value is -5.48. The van der Waals surface area contributed by atoms with Crippen LogP contribution in [0.5, 0.6) is 5.75 Å². The Balaban J connectivity index is 1.54. The van der Waals surface area contributed by atoms with Crippen LogP contribution in [0.3, 0.4) is 0 Å². The van der Waals surface area contributed by atoms with Crippen molar-refractivity contribution < 1.29 is 9.13 Å². The predicted molar refractivity (Wildman–Crippen MR) is 216 cm³/mol. The fraction of sp³-hybridized carbons (Fsp3) is 0.229. The maximum absolute atomic E-state index is 16.5. The molecule has 0 unspecified atom stereocenters. The molecule has 0 saturated carbocycles. The number of hydrogen-bond donors (Lipinski definition) is 1. The Kier molecular flexibility index (Phi) is 9.23. The Bertz CT molecular complexity index is 2330. The molecule has 1 N–H and O–H groups in total. The molecular weight excluding hydrogens is 640 g/mol. The normalized spacial score (nSPS) is 13.9. The van der Waals surface area contributed by atoms with Crippen molar-refractivity contribution >= 4 is 27.9 Å². The average molecular weight is 685 g/mol. The first-order valence-electron chi connectivity index (χ1n) is 18.9. The lowest BCUT2D eigenvalue weighted by Gasteiger charge is -2.31. The lowest BCUT2D eigenvalue weighted by Crippen LogP contribution is -2.31. The maximum atomic E-state index is 16.5. The summed E-state index contributed by atoms with van der Waals surface area (Å²) in [6.45, 7) is 10.2. The SMILES string of the molecule is CCc1ccc(C2=C(c3ccc(CC)cc3)c3cc(F)cc4c(-c5ccc(CC)cc5)c(-c5ccc(CC)cc5)c(C5=NCCCN5)c(c34)O2)cc1. The maximum Gasteiger partial charge on any atom is 0.147 e. The second kappa shape index (κ2) is 14.3. The average Bonchev–Trinajstić information content (AvgIpc) is 3.21. The third-order valence-electron chi connectivity index (χ3n) is 10.7. The zero-order valence-electron chi connectivity index (χ0n) is 30.6. The number of aliphatic imine (C=N–C) groups is 1. The van der Waals surface area contributed by atoms with Crippen molar-refractivity contribution in [2.45, 2.75) is 59.8 Å². The molecule has 2 heterocycles. The van der Waals surface area contributed by atoms with Crippen molar-refractivity contribution in [3.05, 3.63) is 160 Å². The zero-order valence-corrected chi connectivity index (χ0v) is 30.6. The highest BCUT2D eigenvalue weighted by molar-refractivity contribution is 6.23. The Labute approximate surface area is 306 Å². The summed E-state index contributed by atoms with van der Waals surface area (Å²) in [6.07, 6.45) is 4.73. The highest BCUT2D eigenvalue weighted by atomic mass is 19.1. The lowest BCUT2D eigenvalue weighted by atomic mass is 9.80. The number of rotatable bonds is 9. The van der Waals surface area contributed by atoms with E-state index in [1.807, 2.05) is 0 Å². The summed E-state index contributed by atoms with van der Waals surface area (Å²) in [4.78, 5) is 5.12. The van der Waals surface area contributed by atoms with E-state index >= 15 is 4.39 Å². The van der Waals surface area contributed by atoms with Crippen LogP contribution in [0, 0.1) is 5.82 Å². The number of nitrogens with one attached hydrogen (secondary N) is 1. The van der Waals surface area contributed by atoms with Crippen molar-refractivity contribution in [3.63, 3.8) is 0 Å². The van der Waals surface area contributed by atoms with E-state index in [-0.39, 0.29) is 5.82 Å². The number of benzene rings is 6. The third kappa shape index (κ3) is 6.00. The number of amidine groups is 1. The van der Waals surface area contributed by atoms with E-state index in [0.29, 0.717) is 5.75 Å². The second-order valence-electron chi connectivity index (χ2n) is 13.8. The van der Waals surface area contributed by atoms with Gasteiger partial charge in [-0.15, -0.1) is 0 Å². The van der Waals surface area contributed by atoms with Gasteiger partial charge >= 0.3 is 0 Å². The van der Waals surface area contributed by atoms with Crippen LogP contribution < -0.4 is 10.1 Å². The van der Waals surface area contributed by atoms with Gasteiger partial charge in [0.15, 0.2) is 0 Å². The second-order valence-corrected chi connectivity index (χ2v) is 13.8. The van der Waals surface area contributed by atoms with Gasteiger partial charge in [-0.2, -0.15) is 0 Å². The molecule has 6 aromatic carbocycles. The van der Waals surface area contributed by atoms with E-state index < -0.39 is 0 Å². The van der Waals surface area contributed by atoms with Crippen molar-refractivity contribution in [2.24, 2.45) is 4.99 Å². The van der Waals surface area contributed by atoms with Gasteiger partial charge in [-0.25, -0.2) is 4.39 Å². The molecule has 0 bridgehead atoms. The van der Waals surface area contributed by atoms with E-state index in [4.69, 9.17) is 9.73 Å². The molecule has 4 heteroatoms. The molecular formula is C48H45FN2O. The fourth-order valence-electron chi connectivity index (χ4n) is 7.74. The topological polar surface area (TPSA) is 33.6 Å². The van der Waals surface area contributed by atoms with Gasteiger partial charge in [0.25, 0.3) is 0 Å².